The van der Waals surface area contributed by atoms with Gasteiger partial charge in [-0.05, 0) is 36.1 Å². The maximum atomic E-state index is 12.4. The summed E-state index contributed by atoms with van der Waals surface area (Å²) >= 11 is 5.95. The summed E-state index contributed by atoms with van der Waals surface area (Å²) < 4.78 is 25.3. The van der Waals surface area contributed by atoms with Crippen molar-refractivity contribution in [1.82, 2.24) is 5.32 Å². The zero-order valence-corrected chi connectivity index (χ0v) is 17.1. The fraction of sp³-hybridized carbons (Fsp3) is 0.350. The average Bonchev–Trinajstić information content (AvgIpc) is 2.63. The molecule has 0 aliphatic carbocycles. The molecule has 146 valence electrons. The molecule has 0 spiro atoms. The van der Waals surface area contributed by atoms with Crippen LogP contribution in [-0.2, 0) is 21.2 Å². The number of carbonyl (C=O) groups is 1. The second-order valence-corrected chi connectivity index (χ2v) is 8.86. The van der Waals surface area contributed by atoms with Gasteiger partial charge in [-0.2, -0.15) is 0 Å². The third-order valence-corrected chi connectivity index (χ3v) is 5.69. The molecule has 1 N–H and O–H groups in total. The van der Waals surface area contributed by atoms with Gasteiger partial charge in [0.1, 0.15) is 6.54 Å². The summed E-state index contributed by atoms with van der Waals surface area (Å²) in [5.41, 5.74) is 1.59. The molecule has 27 heavy (non-hydrogen) atoms. The predicted octanol–water partition coefficient (Wildman–Crippen LogP) is 3.49. The molecule has 7 heteroatoms. The third-order valence-electron chi connectivity index (χ3n) is 4.32. The fourth-order valence-corrected chi connectivity index (χ4v) is 3.82. The highest BCUT2D eigenvalue weighted by atomic mass is 35.5. The SMILES string of the molecule is CCC(CNC(=O)CN(c1cccc(Cl)c1)S(C)(=O)=O)Cc1ccccc1. The summed E-state index contributed by atoms with van der Waals surface area (Å²) in [7, 11) is -3.61. The highest BCUT2D eigenvalue weighted by Gasteiger charge is 2.21. The number of rotatable bonds is 9. The van der Waals surface area contributed by atoms with Crippen molar-refractivity contribution in [3.05, 3.63) is 65.2 Å². The molecule has 2 rings (SSSR count). The smallest absolute Gasteiger partial charge is 0.240 e. The molecule has 0 aromatic heterocycles. The summed E-state index contributed by atoms with van der Waals surface area (Å²) in [5, 5.41) is 3.28. The van der Waals surface area contributed by atoms with Crippen LogP contribution in [0.1, 0.15) is 18.9 Å². The van der Waals surface area contributed by atoms with Crippen molar-refractivity contribution >= 4 is 33.2 Å². The van der Waals surface area contributed by atoms with Crippen LogP contribution < -0.4 is 9.62 Å². The van der Waals surface area contributed by atoms with E-state index in [1.165, 1.54) is 11.6 Å². The van der Waals surface area contributed by atoms with Gasteiger partial charge in [-0.15, -0.1) is 0 Å². The van der Waals surface area contributed by atoms with Crippen LogP contribution in [-0.4, -0.2) is 33.7 Å². The Morgan fingerprint density at radius 2 is 1.85 bits per heavy atom. The lowest BCUT2D eigenvalue weighted by atomic mass is 9.97. The van der Waals surface area contributed by atoms with E-state index in [4.69, 9.17) is 11.6 Å². The molecule has 2 aromatic carbocycles. The molecule has 0 heterocycles. The van der Waals surface area contributed by atoms with Gasteiger partial charge in [-0.25, -0.2) is 8.42 Å². The van der Waals surface area contributed by atoms with Gasteiger partial charge in [0.25, 0.3) is 0 Å². The lowest BCUT2D eigenvalue weighted by Gasteiger charge is -2.23. The summed E-state index contributed by atoms with van der Waals surface area (Å²) in [4.78, 5) is 12.4. The molecule has 0 fully saturated rings. The Balaban J connectivity index is 1.99. The number of carbonyl (C=O) groups excluding carboxylic acids is 1. The van der Waals surface area contributed by atoms with Crippen molar-refractivity contribution in [3.63, 3.8) is 0 Å². The first kappa shape index (κ1) is 21.3. The van der Waals surface area contributed by atoms with Crippen LogP contribution in [0.3, 0.4) is 0 Å². The maximum absolute atomic E-state index is 12.4. The molecule has 0 saturated carbocycles. The Bertz CT molecular complexity index is 857. The molecule has 0 bridgehead atoms. The quantitative estimate of drug-likeness (QED) is 0.690. The van der Waals surface area contributed by atoms with Crippen molar-refractivity contribution in [2.24, 2.45) is 5.92 Å². The van der Waals surface area contributed by atoms with E-state index in [-0.39, 0.29) is 18.4 Å². The Kier molecular flexibility index (Phi) is 7.68. The average molecular weight is 409 g/mol. The minimum Gasteiger partial charge on any atom is -0.354 e. The van der Waals surface area contributed by atoms with E-state index in [0.29, 0.717) is 17.3 Å². The van der Waals surface area contributed by atoms with Crippen LogP contribution in [0.25, 0.3) is 0 Å². The molecule has 1 atom stereocenters. The Morgan fingerprint density at radius 1 is 1.15 bits per heavy atom. The number of nitrogens with one attached hydrogen (secondary N) is 1. The number of halogens is 1. The van der Waals surface area contributed by atoms with Gasteiger partial charge in [0.15, 0.2) is 0 Å². The summed E-state index contributed by atoms with van der Waals surface area (Å²) in [6.07, 6.45) is 2.85. The number of amides is 1. The van der Waals surface area contributed by atoms with E-state index in [1.807, 2.05) is 18.2 Å². The monoisotopic (exact) mass is 408 g/mol. The third kappa shape index (κ3) is 6.88. The van der Waals surface area contributed by atoms with Gasteiger partial charge in [0.2, 0.25) is 15.9 Å². The number of nitrogens with zero attached hydrogens (tertiary/aromatic N) is 1. The highest BCUT2D eigenvalue weighted by Crippen LogP contribution is 2.21. The maximum Gasteiger partial charge on any atom is 0.240 e. The van der Waals surface area contributed by atoms with Gasteiger partial charge in [0, 0.05) is 11.6 Å². The number of hydrogen-bond acceptors (Lipinski definition) is 3. The lowest BCUT2D eigenvalue weighted by molar-refractivity contribution is -0.119. The van der Waals surface area contributed by atoms with Gasteiger partial charge >= 0.3 is 0 Å². The van der Waals surface area contributed by atoms with Crippen molar-refractivity contribution < 1.29 is 13.2 Å². The van der Waals surface area contributed by atoms with Gasteiger partial charge in [-0.3, -0.25) is 9.10 Å². The van der Waals surface area contributed by atoms with E-state index in [1.54, 1.807) is 18.2 Å². The first-order chi connectivity index (χ1) is 12.8. The second kappa shape index (κ2) is 9.76. The minimum absolute atomic E-state index is 0.277. The van der Waals surface area contributed by atoms with Crippen LogP contribution in [0, 0.1) is 5.92 Å². The van der Waals surface area contributed by atoms with Gasteiger partial charge in [0.05, 0.1) is 11.9 Å². The lowest BCUT2D eigenvalue weighted by Crippen LogP contribution is -2.41. The first-order valence-electron chi connectivity index (χ1n) is 8.83. The number of hydrogen-bond donors (Lipinski definition) is 1. The molecule has 5 nitrogen and oxygen atoms in total. The van der Waals surface area contributed by atoms with Crippen LogP contribution in [0.4, 0.5) is 5.69 Å². The van der Waals surface area contributed by atoms with Crippen LogP contribution >= 0.6 is 11.6 Å². The van der Waals surface area contributed by atoms with Crippen molar-refractivity contribution in [1.29, 1.82) is 0 Å². The summed E-state index contributed by atoms with van der Waals surface area (Å²) in [6, 6.07) is 16.5. The second-order valence-electron chi connectivity index (χ2n) is 6.52. The van der Waals surface area contributed by atoms with E-state index in [2.05, 4.69) is 24.4 Å². The van der Waals surface area contributed by atoms with Crippen LogP contribution in [0.2, 0.25) is 5.02 Å². The Morgan fingerprint density at radius 3 is 2.44 bits per heavy atom. The molecular formula is C20H25ClN2O3S. The summed E-state index contributed by atoms with van der Waals surface area (Å²) in [5.74, 6) is -0.0545. The standard InChI is InChI=1S/C20H25ClN2O3S/c1-3-16(12-17-8-5-4-6-9-17)14-22-20(24)15-23(27(2,25)26)19-11-7-10-18(21)13-19/h4-11,13,16H,3,12,14-15H2,1-2H3,(H,22,24). The summed E-state index contributed by atoms with van der Waals surface area (Å²) in [6.45, 7) is 2.30. The normalized spacial score (nSPS) is 12.4. The van der Waals surface area contributed by atoms with E-state index < -0.39 is 10.0 Å². The Hall–Kier alpha value is -2.05. The highest BCUT2D eigenvalue weighted by molar-refractivity contribution is 7.92. The van der Waals surface area contributed by atoms with E-state index in [0.717, 1.165) is 23.4 Å². The predicted molar refractivity (Wildman–Crippen MR) is 111 cm³/mol. The van der Waals surface area contributed by atoms with E-state index >= 15 is 0 Å². The fourth-order valence-electron chi connectivity index (χ4n) is 2.78. The van der Waals surface area contributed by atoms with Crippen LogP contribution in [0.5, 0.6) is 0 Å². The molecule has 2 aromatic rings. The molecule has 0 saturated heterocycles. The Labute approximate surface area is 166 Å². The largest absolute Gasteiger partial charge is 0.354 e. The first-order valence-corrected chi connectivity index (χ1v) is 11.1. The number of sulfonamides is 1. The molecule has 1 unspecified atom stereocenters. The molecule has 0 aliphatic heterocycles. The molecule has 1 amide bonds. The number of benzene rings is 2. The van der Waals surface area contributed by atoms with Gasteiger partial charge < -0.3 is 5.32 Å². The zero-order valence-electron chi connectivity index (χ0n) is 15.6. The minimum atomic E-state index is -3.61. The van der Waals surface area contributed by atoms with Crippen molar-refractivity contribution in [2.75, 3.05) is 23.7 Å². The van der Waals surface area contributed by atoms with Crippen molar-refractivity contribution in [3.8, 4) is 0 Å². The molecule has 0 radical (unpaired) electrons. The van der Waals surface area contributed by atoms with Crippen molar-refractivity contribution in [2.45, 2.75) is 19.8 Å². The zero-order chi connectivity index (χ0) is 19.9. The van der Waals surface area contributed by atoms with E-state index in [9.17, 15) is 13.2 Å². The van der Waals surface area contributed by atoms with Gasteiger partial charge in [-0.1, -0.05) is 61.3 Å². The molecule has 0 aliphatic rings. The van der Waals surface area contributed by atoms with Crippen LogP contribution in [0.15, 0.2) is 54.6 Å². The number of anilines is 1. The topological polar surface area (TPSA) is 66.5 Å². The molecular weight excluding hydrogens is 384 g/mol.